The quantitative estimate of drug-likeness (QED) is 0.0496. The Balaban J connectivity index is 0. The summed E-state index contributed by atoms with van der Waals surface area (Å²) in [5, 5.41) is 9.37. The van der Waals surface area contributed by atoms with Gasteiger partial charge in [-0.3, -0.25) is 9.59 Å². The first-order chi connectivity index (χ1) is 25.1. The number of aliphatic hydroxyl groups excluding tert-OH is 1. The van der Waals surface area contributed by atoms with Crippen molar-refractivity contribution >= 4 is 11.9 Å². The molecule has 0 saturated heterocycles. The van der Waals surface area contributed by atoms with Crippen LogP contribution in [0.15, 0.2) is 0 Å². The highest BCUT2D eigenvalue weighted by Gasteiger charge is 2.14. The smallest absolute Gasteiger partial charge is 0.306 e. The van der Waals surface area contributed by atoms with Gasteiger partial charge in [0.15, 0.2) is 0 Å². The van der Waals surface area contributed by atoms with Gasteiger partial charge in [-0.15, -0.1) is 0 Å². The van der Waals surface area contributed by atoms with Gasteiger partial charge in [-0.05, 0) is 77.3 Å². The molecule has 0 amide bonds. The lowest BCUT2D eigenvalue weighted by Crippen LogP contribution is -2.28. The lowest BCUT2D eigenvalue weighted by Gasteiger charge is -2.22. The molecule has 6 heteroatoms. The third kappa shape index (κ3) is 40.1. The molecule has 52 heavy (non-hydrogen) atoms. The van der Waals surface area contributed by atoms with Crippen LogP contribution in [0.3, 0.4) is 0 Å². The summed E-state index contributed by atoms with van der Waals surface area (Å²) < 4.78 is 11.5. The number of esters is 2. The van der Waals surface area contributed by atoms with E-state index in [1.54, 1.807) is 0 Å². The fourth-order valence-corrected chi connectivity index (χ4v) is 7.03. The van der Waals surface area contributed by atoms with Crippen molar-refractivity contribution < 1.29 is 24.2 Å². The molecular weight excluding hydrogens is 647 g/mol. The number of hydrogen-bond donors (Lipinski definition) is 1. The molecule has 6 nitrogen and oxygen atoms in total. The van der Waals surface area contributed by atoms with Gasteiger partial charge >= 0.3 is 11.9 Å². The molecule has 0 fully saturated rings. The van der Waals surface area contributed by atoms with Crippen LogP contribution in [0.1, 0.15) is 247 Å². The zero-order chi connectivity index (χ0) is 37.3. The molecule has 0 spiro atoms. The molecule has 0 atom stereocenters. The Hall–Kier alpha value is -1.14. The van der Waals surface area contributed by atoms with Gasteiger partial charge < -0.3 is 19.5 Å². The maximum Gasteiger partial charge on any atom is 0.306 e. The molecule has 0 heterocycles. The number of ether oxygens (including phenoxy) is 2. The summed E-state index contributed by atoms with van der Waals surface area (Å²) in [4.78, 5) is 27.3. The summed E-state index contributed by atoms with van der Waals surface area (Å²) in [6, 6.07) is 0. The molecule has 0 saturated carbocycles. The van der Waals surface area contributed by atoms with Gasteiger partial charge in [0, 0.05) is 26.0 Å². The van der Waals surface area contributed by atoms with Crippen LogP contribution < -0.4 is 0 Å². The number of carbonyl (C=O) groups excluding carboxylic acids is 2. The van der Waals surface area contributed by atoms with Crippen molar-refractivity contribution in [1.29, 1.82) is 0 Å². The molecule has 0 aromatic heterocycles. The second-order valence-corrected chi connectivity index (χ2v) is 15.5. The predicted octanol–water partition coefficient (Wildman–Crippen LogP) is 13.7. The average molecular weight is 740 g/mol. The lowest BCUT2D eigenvalue weighted by molar-refractivity contribution is -0.150. The van der Waals surface area contributed by atoms with E-state index in [0.717, 1.165) is 90.3 Å². The highest BCUT2D eigenvalue weighted by Crippen LogP contribution is 2.18. The minimum Gasteiger partial charge on any atom is -0.466 e. The normalized spacial score (nSPS) is 11.3. The maximum atomic E-state index is 12.7. The Morgan fingerprint density at radius 2 is 0.827 bits per heavy atom. The monoisotopic (exact) mass is 740 g/mol. The second-order valence-electron chi connectivity index (χ2n) is 15.5. The molecule has 0 aliphatic heterocycles. The topological polar surface area (TPSA) is 76.1 Å². The summed E-state index contributed by atoms with van der Waals surface area (Å²) in [5.74, 6) is -0.0275. The standard InChI is InChI=1S/C45H89NO5.CH4/c1-4-7-10-13-16-17-18-24-32-42-50-44(48)36-29-25-31-39-46(40-33-41-47)38-30-23-19-22-28-37-45(49)51-43(34-26-20-14-11-8-5-2)35-27-21-15-12-9-6-3;/h43,47H,4-42H2,1-3H3;1H4. The van der Waals surface area contributed by atoms with E-state index in [1.165, 1.54) is 135 Å². The zero-order valence-electron chi connectivity index (χ0n) is 34.7. The minimum absolute atomic E-state index is 0. The number of carbonyl (C=O) groups is 2. The molecule has 0 bridgehead atoms. The fourth-order valence-electron chi connectivity index (χ4n) is 7.03. The summed E-state index contributed by atoms with van der Waals surface area (Å²) in [6.07, 6.45) is 39.4. The highest BCUT2D eigenvalue weighted by atomic mass is 16.5. The van der Waals surface area contributed by atoms with Crippen LogP contribution >= 0.6 is 0 Å². The van der Waals surface area contributed by atoms with E-state index in [1.807, 2.05) is 0 Å². The van der Waals surface area contributed by atoms with Gasteiger partial charge in [0.05, 0.1) is 6.61 Å². The van der Waals surface area contributed by atoms with Gasteiger partial charge in [-0.2, -0.15) is 0 Å². The van der Waals surface area contributed by atoms with Gasteiger partial charge in [0.2, 0.25) is 0 Å². The summed E-state index contributed by atoms with van der Waals surface area (Å²) >= 11 is 0. The van der Waals surface area contributed by atoms with E-state index in [9.17, 15) is 14.7 Å². The van der Waals surface area contributed by atoms with Gasteiger partial charge in [-0.1, -0.05) is 169 Å². The van der Waals surface area contributed by atoms with Crippen molar-refractivity contribution in [2.75, 3.05) is 32.8 Å². The number of hydrogen-bond acceptors (Lipinski definition) is 6. The van der Waals surface area contributed by atoms with Crippen molar-refractivity contribution in [3.8, 4) is 0 Å². The Kier molecular flexibility index (Phi) is 45.1. The molecule has 0 radical (unpaired) electrons. The van der Waals surface area contributed by atoms with Crippen LogP contribution in [-0.4, -0.2) is 60.9 Å². The number of rotatable bonds is 42. The van der Waals surface area contributed by atoms with E-state index < -0.39 is 0 Å². The van der Waals surface area contributed by atoms with Crippen LogP contribution in [0.2, 0.25) is 0 Å². The first kappa shape index (κ1) is 53.0. The number of nitrogens with zero attached hydrogens (tertiary/aromatic N) is 1. The van der Waals surface area contributed by atoms with Crippen LogP contribution in [0, 0.1) is 0 Å². The summed E-state index contributed by atoms with van der Waals surface area (Å²) in [5.41, 5.74) is 0. The first-order valence-corrected chi connectivity index (χ1v) is 22.8. The molecule has 312 valence electrons. The Morgan fingerprint density at radius 1 is 0.462 bits per heavy atom. The maximum absolute atomic E-state index is 12.7. The van der Waals surface area contributed by atoms with E-state index in [0.29, 0.717) is 19.4 Å². The highest BCUT2D eigenvalue weighted by molar-refractivity contribution is 5.69. The van der Waals surface area contributed by atoms with Crippen molar-refractivity contribution in [1.82, 2.24) is 4.90 Å². The largest absolute Gasteiger partial charge is 0.466 e. The van der Waals surface area contributed by atoms with Crippen LogP contribution in [0.4, 0.5) is 0 Å². The molecule has 0 aliphatic carbocycles. The Bertz CT molecular complexity index is 701. The SMILES string of the molecule is C.CCCCCCCCCCCOC(=O)CCCCCN(CCCO)CCCCCCCC(=O)OC(CCCCCCCC)CCCCCCCC. The van der Waals surface area contributed by atoms with Crippen LogP contribution in [0.25, 0.3) is 0 Å². The fraction of sp³-hybridized carbons (Fsp3) is 0.957. The molecular formula is C46H93NO5. The zero-order valence-corrected chi connectivity index (χ0v) is 34.7. The van der Waals surface area contributed by atoms with Gasteiger partial charge in [0.1, 0.15) is 6.10 Å². The lowest BCUT2D eigenvalue weighted by atomic mass is 10.0. The van der Waals surface area contributed by atoms with Gasteiger partial charge in [-0.25, -0.2) is 0 Å². The van der Waals surface area contributed by atoms with Crippen molar-refractivity contribution in [2.45, 2.75) is 253 Å². The molecule has 1 N–H and O–H groups in total. The van der Waals surface area contributed by atoms with E-state index in [-0.39, 0.29) is 32.1 Å². The van der Waals surface area contributed by atoms with Crippen molar-refractivity contribution in [3.05, 3.63) is 0 Å². The first-order valence-electron chi connectivity index (χ1n) is 22.8. The van der Waals surface area contributed by atoms with Crippen molar-refractivity contribution in [3.63, 3.8) is 0 Å². The summed E-state index contributed by atoms with van der Waals surface area (Å²) in [7, 11) is 0. The molecule has 0 unspecified atom stereocenters. The molecule has 0 rings (SSSR count). The van der Waals surface area contributed by atoms with E-state index in [2.05, 4.69) is 25.7 Å². The Labute approximate surface area is 325 Å². The molecule has 0 aromatic carbocycles. The van der Waals surface area contributed by atoms with E-state index in [4.69, 9.17) is 9.47 Å². The summed E-state index contributed by atoms with van der Waals surface area (Å²) in [6.45, 7) is 10.6. The average Bonchev–Trinajstić information content (AvgIpc) is 3.13. The number of unbranched alkanes of at least 4 members (excludes halogenated alkanes) is 24. The van der Waals surface area contributed by atoms with E-state index >= 15 is 0 Å². The minimum atomic E-state index is -0.0406. The molecule has 0 aromatic rings. The Morgan fingerprint density at radius 3 is 1.31 bits per heavy atom. The van der Waals surface area contributed by atoms with Crippen LogP contribution in [0.5, 0.6) is 0 Å². The third-order valence-corrected chi connectivity index (χ3v) is 10.4. The van der Waals surface area contributed by atoms with Gasteiger partial charge in [0.25, 0.3) is 0 Å². The number of aliphatic hydroxyl groups is 1. The second kappa shape index (κ2) is 44.3. The molecule has 0 aliphatic rings. The third-order valence-electron chi connectivity index (χ3n) is 10.4. The van der Waals surface area contributed by atoms with Crippen molar-refractivity contribution in [2.24, 2.45) is 0 Å². The van der Waals surface area contributed by atoms with Crippen LogP contribution in [-0.2, 0) is 19.1 Å². The predicted molar refractivity (Wildman–Crippen MR) is 225 cm³/mol.